The summed E-state index contributed by atoms with van der Waals surface area (Å²) in [6.07, 6.45) is 8.51. The first-order chi connectivity index (χ1) is 5.88. The van der Waals surface area contributed by atoms with Gasteiger partial charge in [0, 0.05) is 12.6 Å². The van der Waals surface area contributed by atoms with Crippen molar-refractivity contribution >= 4 is 6.41 Å². The highest BCUT2D eigenvalue weighted by Crippen LogP contribution is 2.21. The maximum atomic E-state index is 10.7. The van der Waals surface area contributed by atoms with Crippen LogP contribution in [0, 0.1) is 0 Å². The Morgan fingerprint density at radius 2 is 2.00 bits per heavy atom. The zero-order valence-corrected chi connectivity index (χ0v) is 7.96. The third-order valence-electron chi connectivity index (χ3n) is 2.66. The predicted molar refractivity (Wildman–Crippen MR) is 49.9 cm³/mol. The van der Waals surface area contributed by atoms with Crippen LogP contribution in [0.3, 0.4) is 0 Å². The van der Waals surface area contributed by atoms with Crippen LogP contribution < -0.4 is 0 Å². The maximum absolute atomic E-state index is 10.7. The van der Waals surface area contributed by atoms with Crippen molar-refractivity contribution < 1.29 is 4.79 Å². The van der Waals surface area contributed by atoms with Crippen LogP contribution in [0.4, 0.5) is 0 Å². The van der Waals surface area contributed by atoms with Crippen molar-refractivity contribution in [3.05, 3.63) is 0 Å². The molecule has 0 aromatic rings. The second kappa shape index (κ2) is 5.18. The highest BCUT2D eigenvalue weighted by Gasteiger charge is 2.18. The van der Waals surface area contributed by atoms with E-state index in [1.807, 2.05) is 4.90 Å². The molecule has 0 aromatic heterocycles. The second-order valence-electron chi connectivity index (χ2n) is 3.64. The normalized spacial score (nSPS) is 19.1. The number of carbonyl (C=O) groups excluding carboxylic acids is 1. The van der Waals surface area contributed by atoms with Gasteiger partial charge in [-0.05, 0) is 19.3 Å². The minimum Gasteiger partial charge on any atom is -0.342 e. The van der Waals surface area contributed by atoms with Crippen LogP contribution in [-0.4, -0.2) is 23.9 Å². The van der Waals surface area contributed by atoms with E-state index in [2.05, 4.69) is 6.92 Å². The van der Waals surface area contributed by atoms with Crippen LogP contribution in [0.5, 0.6) is 0 Å². The van der Waals surface area contributed by atoms with Crippen molar-refractivity contribution in [1.29, 1.82) is 0 Å². The molecule has 0 bridgehead atoms. The molecular weight excluding hydrogens is 150 g/mol. The van der Waals surface area contributed by atoms with E-state index in [9.17, 15) is 4.79 Å². The molecule has 1 saturated carbocycles. The van der Waals surface area contributed by atoms with E-state index in [1.54, 1.807) is 0 Å². The van der Waals surface area contributed by atoms with Gasteiger partial charge < -0.3 is 4.90 Å². The lowest BCUT2D eigenvalue weighted by Gasteiger charge is -2.31. The van der Waals surface area contributed by atoms with Gasteiger partial charge in [0.1, 0.15) is 0 Å². The van der Waals surface area contributed by atoms with Crippen LogP contribution in [0.15, 0.2) is 0 Å². The van der Waals surface area contributed by atoms with Gasteiger partial charge in [-0.15, -0.1) is 0 Å². The number of nitrogens with zero attached hydrogens (tertiary/aromatic N) is 1. The Morgan fingerprint density at radius 1 is 1.33 bits per heavy atom. The first-order valence-electron chi connectivity index (χ1n) is 5.09. The molecule has 0 radical (unpaired) electrons. The fourth-order valence-corrected chi connectivity index (χ4v) is 1.99. The van der Waals surface area contributed by atoms with Gasteiger partial charge in [0.05, 0.1) is 0 Å². The Balaban J connectivity index is 2.34. The van der Waals surface area contributed by atoms with E-state index in [-0.39, 0.29) is 0 Å². The summed E-state index contributed by atoms with van der Waals surface area (Å²) in [5.41, 5.74) is 0. The van der Waals surface area contributed by atoms with Crippen molar-refractivity contribution in [3.8, 4) is 0 Å². The quantitative estimate of drug-likeness (QED) is 0.591. The molecule has 0 saturated heterocycles. The molecule has 0 unspecified atom stereocenters. The van der Waals surface area contributed by atoms with Crippen molar-refractivity contribution in [2.45, 2.75) is 51.5 Å². The number of amides is 1. The number of rotatable bonds is 4. The van der Waals surface area contributed by atoms with E-state index in [0.29, 0.717) is 6.04 Å². The minimum absolute atomic E-state index is 0.552. The summed E-state index contributed by atoms with van der Waals surface area (Å²) < 4.78 is 0. The molecule has 1 fully saturated rings. The minimum atomic E-state index is 0.552. The fourth-order valence-electron chi connectivity index (χ4n) is 1.99. The summed E-state index contributed by atoms with van der Waals surface area (Å²) in [5.74, 6) is 0. The lowest BCUT2D eigenvalue weighted by molar-refractivity contribution is -0.120. The number of carbonyl (C=O) groups is 1. The second-order valence-corrected chi connectivity index (χ2v) is 3.64. The molecule has 1 aliphatic rings. The van der Waals surface area contributed by atoms with Crippen molar-refractivity contribution in [2.75, 3.05) is 6.54 Å². The monoisotopic (exact) mass is 169 g/mol. The van der Waals surface area contributed by atoms with Gasteiger partial charge in [-0.2, -0.15) is 0 Å². The molecule has 0 aliphatic heterocycles. The largest absolute Gasteiger partial charge is 0.342 e. The standard InChI is InChI=1S/C10H19NO/c1-2-8-11(9-12)10-6-4-3-5-7-10/h9-10H,2-8H2,1H3. The summed E-state index contributed by atoms with van der Waals surface area (Å²) in [7, 11) is 0. The molecule has 0 aromatic carbocycles. The predicted octanol–water partition coefficient (Wildman–Crippen LogP) is 2.19. The molecule has 0 N–H and O–H groups in total. The smallest absolute Gasteiger partial charge is 0.209 e. The Kier molecular flexibility index (Phi) is 4.12. The van der Waals surface area contributed by atoms with E-state index in [0.717, 1.165) is 19.4 Å². The highest BCUT2D eigenvalue weighted by molar-refractivity contribution is 5.47. The Labute approximate surface area is 74.9 Å². The molecule has 2 nitrogen and oxygen atoms in total. The average molecular weight is 169 g/mol. The SMILES string of the molecule is CCCN(C=O)C1CCCCC1. The van der Waals surface area contributed by atoms with Gasteiger partial charge in [-0.3, -0.25) is 4.79 Å². The van der Waals surface area contributed by atoms with E-state index < -0.39 is 0 Å². The Bertz CT molecular complexity index is 130. The zero-order valence-electron chi connectivity index (χ0n) is 7.96. The van der Waals surface area contributed by atoms with Crippen molar-refractivity contribution in [3.63, 3.8) is 0 Å². The third kappa shape index (κ3) is 2.50. The summed E-state index contributed by atoms with van der Waals surface area (Å²) in [6.45, 7) is 3.06. The molecule has 2 heteroatoms. The van der Waals surface area contributed by atoms with E-state index in [1.165, 1.54) is 32.1 Å². The van der Waals surface area contributed by atoms with Crippen LogP contribution in [-0.2, 0) is 4.79 Å². The highest BCUT2D eigenvalue weighted by atomic mass is 16.1. The van der Waals surface area contributed by atoms with Gasteiger partial charge in [-0.25, -0.2) is 0 Å². The summed E-state index contributed by atoms with van der Waals surface area (Å²) in [4.78, 5) is 12.7. The van der Waals surface area contributed by atoms with Gasteiger partial charge in [-0.1, -0.05) is 26.2 Å². The molecule has 0 spiro atoms. The molecule has 1 aliphatic carbocycles. The number of hydrogen-bond donors (Lipinski definition) is 0. The van der Waals surface area contributed by atoms with Gasteiger partial charge in [0.25, 0.3) is 0 Å². The van der Waals surface area contributed by atoms with Crippen LogP contribution in [0.1, 0.15) is 45.4 Å². The van der Waals surface area contributed by atoms with E-state index in [4.69, 9.17) is 0 Å². The van der Waals surface area contributed by atoms with Gasteiger partial charge in [0.2, 0.25) is 6.41 Å². The van der Waals surface area contributed by atoms with E-state index >= 15 is 0 Å². The first-order valence-corrected chi connectivity index (χ1v) is 5.09. The lowest BCUT2D eigenvalue weighted by atomic mass is 9.94. The summed E-state index contributed by atoms with van der Waals surface area (Å²) >= 11 is 0. The molecule has 1 rings (SSSR count). The molecular formula is C10H19NO. The fraction of sp³-hybridized carbons (Fsp3) is 0.900. The molecule has 12 heavy (non-hydrogen) atoms. The van der Waals surface area contributed by atoms with Gasteiger partial charge >= 0.3 is 0 Å². The summed E-state index contributed by atoms with van der Waals surface area (Å²) in [5, 5.41) is 0. The molecule has 1 amide bonds. The first kappa shape index (κ1) is 9.56. The van der Waals surface area contributed by atoms with Crippen molar-refractivity contribution in [2.24, 2.45) is 0 Å². The Morgan fingerprint density at radius 3 is 2.50 bits per heavy atom. The third-order valence-corrected chi connectivity index (χ3v) is 2.66. The molecule has 0 atom stereocenters. The topological polar surface area (TPSA) is 20.3 Å². The number of hydrogen-bond acceptors (Lipinski definition) is 1. The van der Waals surface area contributed by atoms with Crippen LogP contribution in [0.2, 0.25) is 0 Å². The van der Waals surface area contributed by atoms with Crippen LogP contribution >= 0.6 is 0 Å². The maximum Gasteiger partial charge on any atom is 0.209 e. The lowest BCUT2D eigenvalue weighted by Crippen LogP contribution is -2.36. The van der Waals surface area contributed by atoms with Crippen LogP contribution in [0.25, 0.3) is 0 Å². The van der Waals surface area contributed by atoms with Gasteiger partial charge in [0.15, 0.2) is 0 Å². The Hall–Kier alpha value is -0.530. The molecule has 70 valence electrons. The average Bonchev–Trinajstić information content (AvgIpc) is 2.15. The zero-order chi connectivity index (χ0) is 8.81. The molecule has 0 heterocycles. The van der Waals surface area contributed by atoms with Crippen molar-refractivity contribution in [1.82, 2.24) is 4.90 Å². The summed E-state index contributed by atoms with van der Waals surface area (Å²) in [6, 6.07) is 0.552.